The van der Waals surface area contributed by atoms with Gasteiger partial charge in [0.25, 0.3) is 0 Å². The third kappa shape index (κ3) is 12.6. The Hall–Kier alpha value is -5.90. The van der Waals surface area contributed by atoms with E-state index in [0.29, 0.717) is 53.9 Å². The van der Waals surface area contributed by atoms with Gasteiger partial charge in [-0.2, -0.15) is 0 Å². The molecule has 0 saturated carbocycles. The minimum atomic E-state index is 0.373. The number of rotatable bonds is 21. The second-order valence-corrected chi connectivity index (χ2v) is 19.0. The van der Waals surface area contributed by atoms with Crippen molar-refractivity contribution in [3.63, 3.8) is 0 Å². The van der Waals surface area contributed by atoms with Gasteiger partial charge in [0.1, 0.15) is 0 Å². The Morgan fingerprint density at radius 2 is 0.516 bits per heavy atom. The first kappa shape index (κ1) is 46.1. The van der Waals surface area contributed by atoms with Crippen molar-refractivity contribution in [3.05, 3.63) is 238 Å². The van der Waals surface area contributed by atoms with E-state index in [-0.39, 0.29) is 0 Å². The molecule has 0 saturated heterocycles. The van der Waals surface area contributed by atoms with Crippen molar-refractivity contribution in [1.82, 2.24) is 0 Å². The fourth-order valence-electron chi connectivity index (χ4n) is 10.3. The molecule has 64 heavy (non-hydrogen) atoms. The van der Waals surface area contributed by atoms with Crippen LogP contribution in [0.2, 0.25) is 0 Å². The van der Waals surface area contributed by atoms with Crippen molar-refractivity contribution in [1.29, 1.82) is 0 Å². The Bertz CT molecular complexity index is 2390. The predicted molar refractivity (Wildman–Crippen MR) is 274 cm³/mol. The molecule has 0 bridgehead atoms. The number of benzene rings is 7. The van der Waals surface area contributed by atoms with Gasteiger partial charge in [-0.25, -0.2) is 0 Å². The summed E-state index contributed by atoms with van der Waals surface area (Å²) < 4.78 is 0. The first-order valence-electron chi connectivity index (χ1n) is 23.9. The van der Waals surface area contributed by atoms with Gasteiger partial charge in [-0.3, -0.25) is 0 Å². The molecule has 0 spiro atoms. The summed E-state index contributed by atoms with van der Waals surface area (Å²) in [6, 6.07) is 69.3. The van der Waals surface area contributed by atoms with Crippen LogP contribution in [0.4, 0.5) is 11.4 Å². The van der Waals surface area contributed by atoms with Crippen LogP contribution >= 0.6 is 0 Å². The molecule has 0 aliphatic heterocycles. The first-order valence-corrected chi connectivity index (χ1v) is 23.9. The molecule has 8 atom stereocenters. The van der Waals surface area contributed by atoms with Crippen LogP contribution in [0.5, 0.6) is 0 Å². The van der Waals surface area contributed by atoms with Gasteiger partial charge >= 0.3 is 0 Å². The Morgan fingerprint density at radius 3 is 0.828 bits per heavy atom. The van der Waals surface area contributed by atoms with Gasteiger partial charge in [-0.05, 0) is 160 Å². The zero-order valence-electron chi connectivity index (χ0n) is 38.7. The van der Waals surface area contributed by atoms with Crippen molar-refractivity contribution >= 4 is 11.4 Å². The van der Waals surface area contributed by atoms with Gasteiger partial charge in [0, 0.05) is 17.9 Å². The lowest BCUT2D eigenvalue weighted by Crippen LogP contribution is -2.13. The molecule has 0 aliphatic carbocycles. The van der Waals surface area contributed by atoms with E-state index >= 15 is 0 Å². The molecule has 7 rings (SSSR count). The highest BCUT2D eigenvalue weighted by Gasteiger charge is 2.27. The number of nitrogens with two attached hydrogens (primary N) is 3. The monoisotopic (exact) mass is 846 g/mol. The summed E-state index contributed by atoms with van der Waals surface area (Å²) in [6.07, 6.45) is 6.48. The van der Waals surface area contributed by atoms with Crippen LogP contribution in [0, 0.1) is 0 Å². The SMILES string of the molecule is C[C@H](CC(CC(C[C@H](C)c1ccc([C@@H](C)CC(CC(C[C@@H](C)c2ccc(N)cc2)c2ccc(N)cc2)c2ccccc2)cc1)c1ccccc1)c1ccc(CN)cc1)c1ccccc1. The molecule has 0 heterocycles. The number of anilines is 2. The molecule has 3 heteroatoms. The summed E-state index contributed by atoms with van der Waals surface area (Å²) in [5.41, 5.74) is 32.3. The van der Waals surface area contributed by atoms with Crippen LogP contribution < -0.4 is 17.2 Å². The summed E-state index contributed by atoms with van der Waals surface area (Å²) in [6.45, 7) is 10.2. The molecule has 4 unspecified atom stereocenters. The molecule has 7 aromatic rings. The van der Waals surface area contributed by atoms with Gasteiger partial charge in [0.15, 0.2) is 0 Å². The highest BCUT2D eigenvalue weighted by Crippen LogP contribution is 2.44. The fraction of sp³-hybridized carbons (Fsp3) is 0.311. The lowest BCUT2D eigenvalue weighted by molar-refractivity contribution is 0.439. The highest BCUT2D eigenvalue weighted by atomic mass is 14.5. The van der Waals surface area contributed by atoms with E-state index in [1.807, 2.05) is 12.1 Å². The summed E-state index contributed by atoms with van der Waals surface area (Å²) in [4.78, 5) is 0. The Balaban J connectivity index is 1.09. The third-order valence-corrected chi connectivity index (χ3v) is 14.3. The Labute approximate surface area is 385 Å². The zero-order valence-corrected chi connectivity index (χ0v) is 38.7. The maximum Gasteiger partial charge on any atom is 0.0314 e. The van der Waals surface area contributed by atoms with E-state index < -0.39 is 0 Å². The summed E-state index contributed by atoms with van der Waals surface area (Å²) in [5, 5.41) is 0. The first-order chi connectivity index (χ1) is 31.1. The van der Waals surface area contributed by atoms with Crippen LogP contribution in [0.15, 0.2) is 188 Å². The molecular formula is C61H71N3. The van der Waals surface area contributed by atoms with Crippen molar-refractivity contribution in [3.8, 4) is 0 Å². The predicted octanol–water partition coefficient (Wildman–Crippen LogP) is 15.6. The maximum absolute atomic E-state index is 6.20. The van der Waals surface area contributed by atoms with E-state index in [9.17, 15) is 0 Å². The molecular weight excluding hydrogens is 775 g/mol. The van der Waals surface area contributed by atoms with Crippen molar-refractivity contribution in [2.45, 2.75) is 120 Å². The standard InChI is InChI=1S/C61H71N3/c1-43(48-14-8-5-9-15-48)36-58(54-22-20-47(42-62)21-23-54)40-56(52-16-10-6-11-17-52)37-44(2)49-24-26-50(27-25-49)45(3)38-57(53-18-12-7-13-19-53)41-59(55-30-34-61(64)35-31-55)39-46(4)51-28-32-60(63)33-29-51/h5-35,43-46,56-59H,36-42,62-64H2,1-4H3/t43-,44+,45+,46-,56?,57?,58?,59?/m1/s1. The molecule has 0 fully saturated rings. The molecule has 0 amide bonds. The summed E-state index contributed by atoms with van der Waals surface area (Å²) in [5.74, 6) is 3.24. The molecule has 6 N–H and O–H groups in total. The zero-order chi connectivity index (χ0) is 44.8. The molecule has 0 radical (unpaired) electrons. The lowest BCUT2D eigenvalue weighted by atomic mass is 9.75. The summed E-state index contributed by atoms with van der Waals surface area (Å²) >= 11 is 0. The minimum absolute atomic E-state index is 0.373. The van der Waals surface area contributed by atoms with Crippen molar-refractivity contribution < 1.29 is 0 Å². The number of hydrogen-bond donors (Lipinski definition) is 3. The minimum Gasteiger partial charge on any atom is -0.399 e. The molecule has 0 aromatic heterocycles. The third-order valence-electron chi connectivity index (χ3n) is 14.3. The van der Waals surface area contributed by atoms with E-state index in [0.717, 1.165) is 49.9 Å². The van der Waals surface area contributed by atoms with Gasteiger partial charge in [-0.15, -0.1) is 0 Å². The van der Waals surface area contributed by atoms with Gasteiger partial charge in [0.2, 0.25) is 0 Å². The number of nitrogen functional groups attached to an aromatic ring is 2. The topological polar surface area (TPSA) is 78.1 Å². The summed E-state index contributed by atoms with van der Waals surface area (Å²) in [7, 11) is 0. The highest BCUT2D eigenvalue weighted by molar-refractivity contribution is 5.42. The van der Waals surface area contributed by atoms with Crippen LogP contribution in [0.1, 0.15) is 164 Å². The van der Waals surface area contributed by atoms with E-state index in [1.54, 1.807) is 0 Å². The fourth-order valence-corrected chi connectivity index (χ4v) is 10.3. The second kappa shape index (κ2) is 22.6. The Morgan fingerprint density at radius 1 is 0.281 bits per heavy atom. The Kier molecular flexibility index (Phi) is 16.3. The maximum atomic E-state index is 6.20. The largest absolute Gasteiger partial charge is 0.399 e. The number of hydrogen-bond acceptors (Lipinski definition) is 3. The normalized spacial score (nSPS) is 15.3. The average molecular weight is 846 g/mol. The molecule has 7 aromatic carbocycles. The second-order valence-electron chi connectivity index (χ2n) is 19.0. The van der Waals surface area contributed by atoms with E-state index in [2.05, 4.69) is 204 Å². The average Bonchev–Trinajstić information content (AvgIpc) is 3.34. The van der Waals surface area contributed by atoms with Crippen LogP contribution in [0.3, 0.4) is 0 Å². The van der Waals surface area contributed by atoms with Gasteiger partial charge < -0.3 is 17.2 Å². The smallest absolute Gasteiger partial charge is 0.0314 e. The van der Waals surface area contributed by atoms with Gasteiger partial charge in [0.05, 0.1) is 0 Å². The van der Waals surface area contributed by atoms with E-state index in [4.69, 9.17) is 17.2 Å². The van der Waals surface area contributed by atoms with Crippen LogP contribution in [-0.4, -0.2) is 0 Å². The van der Waals surface area contributed by atoms with Crippen LogP contribution in [-0.2, 0) is 6.54 Å². The molecule has 3 nitrogen and oxygen atoms in total. The van der Waals surface area contributed by atoms with E-state index in [1.165, 1.54) is 50.1 Å². The lowest BCUT2D eigenvalue weighted by Gasteiger charge is -2.29. The van der Waals surface area contributed by atoms with Gasteiger partial charge in [-0.1, -0.05) is 191 Å². The van der Waals surface area contributed by atoms with Crippen molar-refractivity contribution in [2.75, 3.05) is 11.5 Å². The van der Waals surface area contributed by atoms with Crippen molar-refractivity contribution in [2.24, 2.45) is 5.73 Å². The van der Waals surface area contributed by atoms with Crippen LogP contribution in [0.25, 0.3) is 0 Å². The quantitative estimate of drug-likeness (QED) is 0.0631. The molecule has 330 valence electrons. The molecule has 0 aliphatic rings.